The van der Waals surface area contributed by atoms with E-state index in [2.05, 4.69) is 21.2 Å². The van der Waals surface area contributed by atoms with Gasteiger partial charge in [-0.1, -0.05) is 11.6 Å². The van der Waals surface area contributed by atoms with Gasteiger partial charge in [-0.25, -0.2) is 4.79 Å². The summed E-state index contributed by atoms with van der Waals surface area (Å²) < 4.78 is 0.826. The molecule has 7 heteroatoms. The maximum Gasteiger partial charge on any atom is 0.337 e. The molecule has 0 aliphatic rings. The van der Waals surface area contributed by atoms with Gasteiger partial charge in [0.25, 0.3) is 5.91 Å². The molecular formula is C12H7BrClNO3S. The number of rotatable bonds is 3. The van der Waals surface area contributed by atoms with Crippen molar-refractivity contribution in [2.24, 2.45) is 0 Å². The normalized spacial score (nSPS) is 10.2. The summed E-state index contributed by atoms with van der Waals surface area (Å²) in [6.07, 6.45) is 0. The monoisotopic (exact) mass is 359 g/mol. The van der Waals surface area contributed by atoms with Gasteiger partial charge in [0, 0.05) is 5.02 Å². The molecule has 0 fully saturated rings. The zero-order chi connectivity index (χ0) is 14.0. The number of hydrogen-bond acceptors (Lipinski definition) is 3. The van der Waals surface area contributed by atoms with E-state index in [0.717, 1.165) is 3.79 Å². The van der Waals surface area contributed by atoms with E-state index in [4.69, 9.17) is 16.7 Å². The Labute approximate surface area is 126 Å². The Hall–Kier alpha value is -1.37. The third-order valence-electron chi connectivity index (χ3n) is 2.26. The molecule has 0 saturated carbocycles. The van der Waals surface area contributed by atoms with E-state index in [1.54, 1.807) is 12.1 Å². The molecule has 1 heterocycles. The maximum atomic E-state index is 11.9. The molecule has 0 spiro atoms. The molecule has 2 N–H and O–H groups in total. The van der Waals surface area contributed by atoms with Crippen LogP contribution in [0, 0.1) is 0 Å². The van der Waals surface area contributed by atoms with Crippen LogP contribution < -0.4 is 5.32 Å². The number of carbonyl (C=O) groups is 2. The Morgan fingerprint density at radius 3 is 2.58 bits per heavy atom. The van der Waals surface area contributed by atoms with Crippen LogP contribution in [0.4, 0.5) is 5.69 Å². The molecule has 1 amide bonds. The number of carboxylic acid groups (broad SMARTS) is 1. The molecule has 0 aliphatic heterocycles. The quantitative estimate of drug-likeness (QED) is 0.865. The summed E-state index contributed by atoms with van der Waals surface area (Å²) in [6, 6.07) is 7.68. The minimum Gasteiger partial charge on any atom is -0.478 e. The first kappa shape index (κ1) is 14.0. The second-order valence-electron chi connectivity index (χ2n) is 3.55. The third kappa shape index (κ3) is 3.34. The van der Waals surface area contributed by atoms with Crippen LogP contribution >= 0.6 is 38.9 Å². The van der Waals surface area contributed by atoms with Gasteiger partial charge in [-0.2, -0.15) is 0 Å². The first-order chi connectivity index (χ1) is 8.97. The number of halogens is 2. The molecule has 0 bridgehead atoms. The van der Waals surface area contributed by atoms with Crippen molar-refractivity contribution in [3.05, 3.63) is 49.6 Å². The zero-order valence-electron chi connectivity index (χ0n) is 9.31. The number of aromatic carboxylic acids is 1. The van der Waals surface area contributed by atoms with Gasteiger partial charge in [0.1, 0.15) is 0 Å². The van der Waals surface area contributed by atoms with Gasteiger partial charge in [0.05, 0.1) is 19.9 Å². The lowest BCUT2D eigenvalue weighted by Crippen LogP contribution is -2.13. The molecule has 2 aromatic rings. The number of amides is 1. The third-order valence-corrected chi connectivity index (χ3v) is 4.11. The van der Waals surface area contributed by atoms with Crippen molar-refractivity contribution in [3.8, 4) is 0 Å². The number of benzene rings is 1. The molecule has 2 rings (SSSR count). The molecule has 0 atom stereocenters. The molecule has 0 aliphatic carbocycles. The van der Waals surface area contributed by atoms with Crippen LogP contribution in [0.1, 0.15) is 20.0 Å². The lowest BCUT2D eigenvalue weighted by atomic mass is 10.2. The van der Waals surface area contributed by atoms with Crippen molar-refractivity contribution >= 4 is 56.4 Å². The summed E-state index contributed by atoms with van der Waals surface area (Å²) >= 11 is 10.3. The average molecular weight is 361 g/mol. The van der Waals surface area contributed by atoms with E-state index in [0.29, 0.717) is 9.90 Å². The van der Waals surface area contributed by atoms with Crippen molar-refractivity contribution in [1.82, 2.24) is 0 Å². The number of nitrogens with one attached hydrogen (secondary N) is 1. The molecule has 4 nitrogen and oxygen atoms in total. The summed E-state index contributed by atoms with van der Waals surface area (Å²) in [6.45, 7) is 0. The van der Waals surface area contributed by atoms with Crippen LogP contribution in [0.3, 0.4) is 0 Å². The van der Waals surface area contributed by atoms with Gasteiger partial charge in [-0.3, -0.25) is 4.79 Å². The fourth-order valence-corrected chi connectivity index (χ4v) is 2.88. The van der Waals surface area contributed by atoms with Crippen molar-refractivity contribution in [1.29, 1.82) is 0 Å². The first-order valence-electron chi connectivity index (χ1n) is 5.07. The number of carboxylic acids is 1. The second kappa shape index (κ2) is 5.73. The van der Waals surface area contributed by atoms with Crippen LogP contribution in [0.2, 0.25) is 5.02 Å². The Kier molecular flexibility index (Phi) is 4.24. The van der Waals surface area contributed by atoms with Gasteiger partial charge in [-0.15, -0.1) is 11.3 Å². The molecule has 1 aromatic heterocycles. The predicted molar refractivity (Wildman–Crippen MR) is 78.4 cm³/mol. The molecule has 98 valence electrons. The van der Waals surface area contributed by atoms with Crippen LogP contribution in [0.25, 0.3) is 0 Å². The van der Waals surface area contributed by atoms with E-state index in [9.17, 15) is 9.59 Å². The first-order valence-corrected chi connectivity index (χ1v) is 7.05. The standard InChI is InChI=1S/C12H7BrClNO3S/c13-10-4-3-9(19-10)11(16)15-8-2-1-6(14)5-7(8)12(17)18/h1-5H,(H,15,16)(H,17,18). The lowest BCUT2D eigenvalue weighted by molar-refractivity contribution is 0.0698. The Balaban J connectivity index is 2.28. The largest absolute Gasteiger partial charge is 0.478 e. The highest BCUT2D eigenvalue weighted by molar-refractivity contribution is 9.11. The van der Waals surface area contributed by atoms with E-state index in [-0.39, 0.29) is 17.2 Å². The average Bonchev–Trinajstić information content (AvgIpc) is 2.78. The van der Waals surface area contributed by atoms with Crippen LogP contribution in [0.15, 0.2) is 34.1 Å². The Morgan fingerprint density at radius 2 is 2.00 bits per heavy atom. The van der Waals surface area contributed by atoms with Crippen molar-refractivity contribution in [3.63, 3.8) is 0 Å². The van der Waals surface area contributed by atoms with Gasteiger partial charge >= 0.3 is 5.97 Å². The number of hydrogen-bond donors (Lipinski definition) is 2. The predicted octanol–water partition coefficient (Wildman–Crippen LogP) is 4.11. The van der Waals surface area contributed by atoms with E-state index in [1.807, 2.05) is 0 Å². The fourth-order valence-electron chi connectivity index (χ4n) is 1.42. The second-order valence-corrected chi connectivity index (χ2v) is 6.45. The highest BCUT2D eigenvalue weighted by atomic mass is 79.9. The lowest BCUT2D eigenvalue weighted by Gasteiger charge is -2.07. The number of carbonyl (C=O) groups excluding carboxylic acids is 1. The number of thiophene rings is 1. The van der Waals surface area contributed by atoms with E-state index >= 15 is 0 Å². The minimum absolute atomic E-state index is 0.0449. The summed E-state index contributed by atoms with van der Waals surface area (Å²) in [5.41, 5.74) is 0.169. The highest BCUT2D eigenvalue weighted by Crippen LogP contribution is 2.25. The smallest absolute Gasteiger partial charge is 0.337 e. The number of anilines is 1. The molecule has 0 unspecified atom stereocenters. The Morgan fingerprint density at radius 1 is 1.26 bits per heavy atom. The SMILES string of the molecule is O=C(Nc1ccc(Cl)cc1C(=O)O)c1ccc(Br)s1. The molecule has 19 heavy (non-hydrogen) atoms. The maximum absolute atomic E-state index is 11.9. The molecule has 1 aromatic carbocycles. The summed E-state index contributed by atoms with van der Waals surface area (Å²) in [5, 5.41) is 11.9. The molecule has 0 radical (unpaired) electrons. The minimum atomic E-state index is -1.15. The van der Waals surface area contributed by atoms with Crippen molar-refractivity contribution in [2.45, 2.75) is 0 Å². The summed E-state index contributed by atoms with van der Waals surface area (Å²) in [4.78, 5) is 23.5. The Bertz CT molecular complexity index is 656. The van der Waals surface area contributed by atoms with E-state index < -0.39 is 5.97 Å². The van der Waals surface area contributed by atoms with Gasteiger partial charge in [0.2, 0.25) is 0 Å². The van der Waals surface area contributed by atoms with Gasteiger partial charge < -0.3 is 10.4 Å². The van der Waals surface area contributed by atoms with Gasteiger partial charge in [-0.05, 0) is 46.3 Å². The van der Waals surface area contributed by atoms with Crippen LogP contribution in [-0.4, -0.2) is 17.0 Å². The molecule has 0 saturated heterocycles. The summed E-state index contributed by atoms with van der Waals surface area (Å²) in [5.74, 6) is -1.51. The van der Waals surface area contributed by atoms with Crippen LogP contribution in [0.5, 0.6) is 0 Å². The summed E-state index contributed by atoms with van der Waals surface area (Å²) in [7, 11) is 0. The molecular weight excluding hydrogens is 354 g/mol. The van der Waals surface area contributed by atoms with Crippen molar-refractivity contribution in [2.75, 3.05) is 5.32 Å². The van der Waals surface area contributed by atoms with E-state index in [1.165, 1.54) is 29.5 Å². The highest BCUT2D eigenvalue weighted by Gasteiger charge is 2.15. The topological polar surface area (TPSA) is 66.4 Å². The zero-order valence-corrected chi connectivity index (χ0v) is 12.5. The van der Waals surface area contributed by atoms with Gasteiger partial charge in [0.15, 0.2) is 0 Å². The fraction of sp³-hybridized carbons (Fsp3) is 0. The van der Waals surface area contributed by atoms with Crippen molar-refractivity contribution < 1.29 is 14.7 Å². The van der Waals surface area contributed by atoms with Crippen LogP contribution in [-0.2, 0) is 0 Å².